The third-order valence-corrected chi connectivity index (χ3v) is 14.8. The lowest BCUT2D eigenvalue weighted by Gasteiger charge is -2.47. The maximum absolute atomic E-state index is 2.67. The van der Waals surface area contributed by atoms with E-state index in [0.29, 0.717) is 0 Å². The summed E-state index contributed by atoms with van der Waals surface area (Å²) in [7, 11) is 0. The van der Waals surface area contributed by atoms with Gasteiger partial charge in [-0.25, -0.2) is 0 Å². The van der Waals surface area contributed by atoms with Crippen molar-refractivity contribution in [3.05, 3.63) is 124 Å². The second-order valence-corrected chi connectivity index (χ2v) is 23.0. The number of anilines is 6. The minimum absolute atomic E-state index is 0.0618. The standard InChI is InChI=1S/C53H61BN2S/c1-32-27-43-47-44(28-32)56(37-22-17-34(18-23-37)50(5,6)7)48-46(38-24-19-35(51(8,9)10)29-45(38)57-48)54(47)41-30-39-40(53(13,14)26-25-52(39,11)12)31-42(41)55(43)36-20-15-33(16-21-36)49(2,3)4/h15-24,27-31H,25-26H2,1-14H3. The topological polar surface area (TPSA) is 6.48 Å². The van der Waals surface area contributed by atoms with Gasteiger partial charge < -0.3 is 9.80 Å². The van der Waals surface area contributed by atoms with Gasteiger partial charge in [0.1, 0.15) is 0 Å². The first kappa shape index (κ1) is 38.3. The lowest BCUT2D eigenvalue weighted by molar-refractivity contribution is 0.332. The molecular weight excluding hydrogens is 707 g/mol. The first-order valence-corrected chi connectivity index (χ1v) is 22.1. The second-order valence-electron chi connectivity index (χ2n) is 21.9. The number of benzene rings is 5. The van der Waals surface area contributed by atoms with Gasteiger partial charge in [-0.1, -0.05) is 132 Å². The van der Waals surface area contributed by atoms with Gasteiger partial charge in [-0.15, -0.1) is 11.3 Å². The largest absolute Gasteiger partial charge is 0.311 e. The van der Waals surface area contributed by atoms with Crippen LogP contribution in [0.2, 0.25) is 0 Å². The Morgan fingerprint density at radius 2 is 1.00 bits per heavy atom. The summed E-state index contributed by atoms with van der Waals surface area (Å²) in [5.41, 5.74) is 19.5. The van der Waals surface area contributed by atoms with E-state index in [-0.39, 0.29) is 33.8 Å². The highest BCUT2D eigenvalue weighted by Crippen LogP contribution is 2.52. The molecule has 3 aliphatic rings. The highest BCUT2D eigenvalue weighted by Gasteiger charge is 2.48. The third kappa shape index (κ3) is 6.02. The third-order valence-electron chi connectivity index (χ3n) is 13.7. The summed E-state index contributed by atoms with van der Waals surface area (Å²) >= 11 is 1.98. The van der Waals surface area contributed by atoms with Crippen molar-refractivity contribution in [3.63, 3.8) is 0 Å². The predicted octanol–water partition coefficient (Wildman–Crippen LogP) is 13.5. The molecule has 0 spiro atoms. The minimum atomic E-state index is 0.0618. The molecule has 0 saturated carbocycles. The molecule has 2 nitrogen and oxygen atoms in total. The molecule has 57 heavy (non-hydrogen) atoms. The summed E-state index contributed by atoms with van der Waals surface area (Å²) in [6.45, 7) is 33.1. The number of fused-ring (bicyclic) bond motifs is 7. The maximum Gasteiger partial charge on any atom is 0.254 e. The van der Waals surface area contributed by atoms with E-state index < -0.39 is 0 Å². The molecular formula is C53H61BN2S. The fourth-order valence-electron chi connectivity index (χ4n) is 9.93. The Labute approximate surface area is 347 Å². The summed E-state index contributed by atoms with van der Waals surface area (Å²) in [6.07, 6.45) is 2.38. The van der Waals surface area contributed by atoms with Crippen molar-refractivity contribution in [2.75, 3.05) is 9.80 Å². The Balaban J connectivity index is 1.40. The van der Waals surface area contributed by atoms with Crippen LogP contribution in [-0.4, -0.2) is 6.71 Å². The van der Waals surface area contributed by atoms with E-state index in [4.69, 9.17) is 0 Å². The Morgan fingerprint density at radius 1 is 0.526 bits per heavy atom. The Bertz CT molecular complexity index is 2580. The molecule has 5 aromatic carbocycles. The van der Waals surface area contributed by atoms with Crippen molar-refractivity contribution >= 4 is 78.0 Å². The van der Waals surface area contributed by atoms with Crippen molar-refractivity contribution in [3.8, 4) is 0 Å². The molecule has 0 N–H and O–H groups in total. The summed E-state index contributed by atoms with van der Waals surface area (Å²) in [5, 5.41) is 2.73. The molecule has 4 heteroatoms. The molecule has 0 fully saturated rings. The van der Waals surface area contributed by atoms with Crippen molar-refractivity contribution in [1.82, 2.24) is 0 Å². The van der Waals surface area contributed by atoms with Gasteiger partial charge in [-0.3, -0.25) is 0 Å². The molecule has 1 aromatic heterocycles. The number of nitrogens with zero attached hydrogens (tertiary/aromatic N) is 2. The summed E-state index contributed by atoms with van der Waals surface area (Å²) in [4.78, 5) is 5.24. The van der Waals surface area contributed by atoms with Crippen LogP contribution in [0.25, 0.3) is 10.1 Å². The van der Waals surface area contributed by atoms with E-state index in [1.54, 1.807) is 0 Å². The van der Waals surface area contributed by atoms with E-state index >= 15 is 0 Å². The molecule has 0 bridgehead atoms. The molecule has 0 amide bonds. The van der Waals surface area contributed by atoms with Crippen LogP contribution in [0.3, 0.4) is 0 Å². The molecule has 0 atom stereocenters. The molecule has 6 aromatic rings. The van der Waals surface area contributed by atoms with Crippen LogP contribution < -0.4 is 26.2 Å². The Kier molecular flexibility index (Phi) is 8.30. The molecule has 292 valence electrons. The lowest BCUT2D eigenvalue weighted by atomic mass is 9.33. The fraction of sp³-hybridized carbons (Fsp3) is 0.396. The molecule has 3 heterocycles. The van der Waals surface area contributed by atoms with E-state index in [0.717, 1.165) is 0 Å². The van der Waals surface area contributed by atoms with Gasteiger partial charge >= 0.3 is 0 Å². The van der Waals surface area contributed by atoms with Crippen LogP contribution in [0.1, 0.15) is 136 Å². The fourth-order valence-corrected chi connectivity index (χ4v) is 11.2. The van der Waals surface area contributed by atoms with E-state index in [1.165, 1.54) is 106 Å². The van der Waals surface area contributed by atoms with Crippen molar-refractivity contribution in [1.29, 1.82) is 0 Å². The van der Waals surface area contributed by atoms with Crippen LogP contribution in [0.15, 0.2) is 91.0 Å². The summed E-state index contributed by atoms with van der Waals surface area (Å²) in [5.74, 6) is 0. The highest BCUT2D eigenvalue weighted by molar-refractivity contribution is 7.26. The normalized spacial score (nSPS) is 17.0. The van der Waals surface area contributed by atoms with Gasteiger partial charge in [0.25, 0.3) is 6.71 Å². The average molecular weight is 769 g/mol. The van der Waals surface area contributed by atoms with Crippen molar-refractivity contribution in [2.24, 2.45) is 0 Å². The van der Waals surface area contributed by atoms with E-state index in [9.17, 15) is 0 Å². The number of hydrogen-bond acceptors (Lipinski definition) is 3. The first-order chi connectivity index (χ1) is 26.5. The van der Waals surface area contributed by atoms with Crippen LogP contribution in [-0.2, 0) is 27.1 Å². The number of aryl methyl sites for hydroxylation is 1. The zero-order valence-electron chi connectivity index (χ0n) is 37.0. The second kappa shape index (κ2) is 12.4. The molecule has 0 radical (unpaired) electrons. The molecule has 2 aliphatic heterocycles. The molecule has 0 unspecified atom stereocenters. The molecule has 1 aliphatic carbocycles. The van der Waals surface area contributed by atoms with E-state index in [2.05, 4.69) is 198 Å². The smallest absolute Gasteiger partial charge is 0.254 e. The van der Waals surface area contributed by atoms with Crippen LogP contribution in [0.4, 0.5) is 33.4 Å². The summed E-state index contributed by atoms with van der Waals surface area (Å²) < 4.78 is 1.37. The monoisotopic (exact) mass is 768 g/mol. The minimum Gasteiger partial charge on any atom is -0.311 e. The molecule has 9 rings (SSSR count). The van der Waals surface area contributed by atoms with Crippen molar-refractivity contribution in [2.45, 2.75) is 137 Å². The lowest BCUT2D eigenvalue weighted by Crippen LogP contribution is -2.61. The average Bonchev–Trinajstić information content (AvgIpc) is 3.50. The van der Waals surface area contributed by atoms with Crippen molar-refractivity contribution < 1.29 is 0 Å². The first-order valence-electron chi connectivity index (χ1n) is 21.3. The van der Waals surface area contributed by atoms with Crippen LogP contribution >= 0.6 is 11.3 Å². The maximum atomic E-state index is 2.67. The number of thiophene rings is 1. The van der Waals surface area contributed by atoms with Gasteiger partial charge in [-0.2, -0.15) is 0 Å². The van der Waals surface area contributed by atoms with Gasteiger partial charge in [0.15, 0.2) is 0 Å². The Hall–Kier alpha value is -4.28. The zero-order chi connectivity index (χ0) is 40.8. The van der Waals surface area contributed by atoms with Crippen LogP contribution in [0, 0.1) is 6.92 Å². The van der Waals surface area contributed by atoms with Gasteiger partial charge in [-0.05, 0) is 151 Å². The molecule has 0 saturated heterocycles. The quantitative estimate of drug-likeness (QED) is 0.162. The SMILES string of the molecule is Cc1cc2c3c(c1)N(c1ccc(C(C)(C)C)cc1)c1sc4cc(C(C)(C)C)ccc4c1B3c1cc3c(cc1N2c1ccc(C(C)(C)C)cc1)C(C)(C)CCC3(C)C. The number of hydrogen-bond donors (Lipinski definition) is 0. The number of rotatable bonds is 2. The Morgan fingerprint density at radius 3 is 1.53 bits per heavy atom. The van der Waals surface area contributed by atoms with Gasteiger partial charge in [0.2, 0.25) is 0 Å². The zero-order valence-corrected chi connectivity index (χ0v) is 37.8. The van der Waals surface area contributed by atoms with Gasteiger partial charge in [0, 0.05) is 33.1 Å². The predicted molar refractivity (Wildman–Crippen MR) is 252 cm³/mol. The highest BCUT2D eigenvalue weighted by atomic mass is 32.1. The summed E-state index contributed by atoms with van der Waals surface area (Å²) in [6, 6.07) is 36.5. The van der Waals surface area contributed by atoms with Gasteiger partial charge in [0.05, 0.1) is 5.00 Å². The van der Waals surface area contributed by atoms with E-state index in [1.807, 2.05) is 11.3 Å². The van der Waals surface area contributed by atoms with Crippen LogP contribution in [0.5, 0.6) is 0 Å².